The van der Waals surface area contributed by atoms with Gasteiger partial charge in [0.15, 0.2) is 0 Å². The van der Waals surface area contributed by atoms with Gasteiger partial charge in [-0.25, -0.2) is 14.8 Å². The van der Waals surface area contributed by atoms with Crippen LogP contribution in [0.15, 0.2) is 66.7 Å². The summed E-state index contributed by atoms with van der Waals surface area (Å²) in [6.07, 6.45) is 0.841. The van der Waals surface area contributed by atoms with E-state index in [1.807, 2.05) is 60.7 Å². The summed E-state index contributed by atoms with van der Waals surface area (Å²) < 4.78 is 5.52. The fraction of sp³-hybridized carbons (Fsp3) is 0.208. The van der Waals surface area contributed by atoms with Crippen molar-refractivity contribution in [3.8, 4) is 11.4 Å². The number of esters is 1. The van der Waals surface area contributed by atoms with E-state index in [4.69, 9.17) is 14.7 Å². The molecule has 0 unspecified atom stereocenters. The standard InChI is InChI=1S/C24H22N2O2/c1-16(2)13-14-28-24(27)19-15-23(26-21-10-6-4-8-18(19)21)22-12-11-17-7-3-5-9-20(17)25-22/h3-12,15-16H,13-14H2,1-2H3. The van der Waals surface area contributed by atoms with Gasteiger partial charge < -0.3 is 4.74 Å². The van der Waals surface area contributed by atoms with E-state index >= 15 is 0 Å². The van der Waals surface area contributed by atoms with Crippen molar-refractivity contribution in [1.82, 2.24) is 9.97 Å². The summed E-state index contributed by atoms with van der Waals surface area (Å²) >= 11 is 0. The van der Waals surface area contributed by atoms with Crippen molar-refractivity contribution in [3.05, 3.63) is 72.3 Å². The maximum absolute atomic E-state index is 12.8. The maximum Gasteiger partial charge on any atom is 0.338 e. The molecular weight excluding hydrogens is 348 g/mol. The number of carbonyl (C=O) groups is 1. The molecule has 0 saturated heterocycles. The van der Waals surface area contributed by atoms with Crippen LogP contribution in [0, 0.1) is 5.92 Å². The molecule has 2 aromatic carbocycles. The fourth-order valence-corrected chi connectivity index (χ4v) is 3.15. The van der Waals surface area contributed by atoms with E-state index in [1.54, 1.807) is 6.07 Å². The Morgan fingerprint density at radius 3 is 2.43 bits per heavy atom. The number of para-hydroxylation sites is 2. The summed E-state index contributed by atoms with van der Waals surface area (Å²) in [4.78, 5) is 22.2. The summed E-state index contributed by atoms with van der Waals surface area (Å²) in [6.45, 7) is 4.63. The Hall–Kier alpha value is -3.27. The zero-order valence-electron chi connectivity index (χ0n) is 16.1. The van der Waals surface area contributed by atoms with Gasteiger partial charge in [-0.1, -0.05) is 56.3 Å². The van der Waals surface area contributed by atoms with Crippen LogP contribution in [0.1, 0.15) is 30.6 Å². The van der Waals surface area contributed by atoms with Crippen molar-refractivity contribution in [1.29, 1.82) is 0 Å². The number of hydrogen-bond donors (Lipinski definition) is 0. The van der Waals surface area contributed by atoms with Gasteiger partial charge in [0.1, 0.15) is 0 Å². The molecule has 4 aromatic rings. The molecule has 0 N–H and O–H groups in total. The molecule has 4 nitrogen and oxygen atoms in total. The molecule has 0 aliphatic rings. The van der Waals surface area contributed by atoms with Gasteiger partial charge in [0.25, 0.3) is 0 Å². The van der Waals surface area contributed by atoms with Crippen molar-refractivity contribution in [3.63, 3.8) is 0 Å². The molecule has 2 heterocycles. The van der Waals surface area contributed by atoms with Gasteiger partial charge in [0.2, 0.25) is 0 Å². The molecule has 0 fully saturated rings. The van der Waals surface area contributed by atoms with Crippen molar-refractivity contribution in [2.75, 3.05) is 6.61 Å². The van der Waals surface area contributed by atoms with Gasteiger partial charge in [-0.3, -0.25) is 0 Å². The average molecular weight is 370 g/mol. The number of benzene rings is 2. The van der Waals surface area contributed by atoms with E-state index < -0.39 is 0 Å². The van der Waals surface area contributed by atoms with E-state index in [0.29, 0.717) is 23.8 Å². The average Bonchev–Trinajstić information content (AvgIpc) is 2.72. The summed E-state index contributed by atoms with van der Waals surface area (Å²) in [5.74, 6) is 0.167. The molecule has 0 amide bonds. The Morgan fingerprint density at radius 1 is 0.893 bits per heavy atom. The Bertz CT molecular complexity index is 1150. The highest BCUT2D eigenvalue weighted by molar-refractivity contribution is 6.04. The SMILES string of the molecule is CC(C)CCOC(=O)c1cc(-c2ccc3ccccc3n2)nc2ccccc12. The molecule has 0 saturated carbocycles. The Balaban J connectivity index is 1.77. The minimum absolute atomic E-state index is 0.318. The number of aromatic nitrogens is 2. The Morgan fingerprint density at radius 2 is 1.61 bits per heavy atom. The highest BCUT2D eigenvalue weighted by atomic mass is 16.5. The molecule has 140 valence electrons. The van der Waals surface area contributed by atoms with Crippen LogP contribution in [-0.4, -0.2) is 22.5 Å². The minimum Gasteiger partial charge on any atom is -0.462 e. The molecule has 0 bridgehead atoms. The molecule has 4 rings (SSSR count). The monoisotopic (exact) mass is 370 g/mol. The van der Waals surface area contributed by atoms with Gasteiger partial charge in [0.05, 0.1) is 34.6 Å². The van der Waals surface area contributed by atoms with Crippen LogP contribution in [0.3, 0.4) is 0 Å². The molecular formula is C24H22N2O2. The van der Waals surface area contributed by atoms with E-state index in [9.17, 15) is 4.79 Å². The van der Waals surface area contributed by atoms with E-state index in [2.05, 4.69) is 13.8 Å². The van der Waals surface area contributed by atoms with Crippen LogP contribution in [0.2, 0.25) is 0 Å². The normalized spacial score (nSPS) is 11.2. The second kappa shape index (κ2) is 7.77. The predicted molar refractivity (Wildman–Crippen MR) is 112 cm³/mol. The van der Waals surface area contributed by atoms with Crippen LogP contribution in [0.4, 0.5) is 0 Å². The molecule has 28 heavy (non-hydrogen) atoms. The molecule has 2 aromatic heterocycles. The number of pyridine rings is 2. The van der Waals surface area contributed by atoms with Crippen molar-refractivity contribution >= 4 is 27.8 Å². The second-order valence-corrected chi connectivity index (χ2v) is 7.28. The first-order valence-corrected chi connectivity index (χ1v) is 9.55. The molecule has 0 aliphatic heterocycles. The maximum atomic E-state index is 12.8. The smallest absolute Gasteiger partial charge is 0.338 e. The molecule has 0 radical (unpaired) electrons. The van der Waals surface area contributed by atoms with Gasteiger partial charge in [-0.2, -0.15) is 0 Å². The van der Waals surface area contributed by atoms with Crippen LogP contribution in [0.5, 0.6) is 0 Å². The number of rotatable bonds is 5. The number of nitrogens with zero attached hydrogens (tertiary/aromatic N) is 2. The first kappa shape index (κ1) is 18.1. The highest BCUT2D eigenvalue weighted by Gasteiger charge is 2.16. The number of carbonyl (C=O) groups excluding carboxylic acids is 1. The first-order chi connectivity index (χ1) is 13.6. The van der Waals surface area contributed by atoms with E-state index in [-0.39, 0.29) is 5.97 Å². The first-order valence-electron chi connectivity index (χ1n) is 9.55. The number of hydrogen-bond acceptors (Lipinski definition) is 4. The Labute approximate surface area is 164 Å². The molecule has 0 aliphatic carbocycles. The molecule has 4 heteroatoms. The lowest BCUT2D eigenvalue weighted by Gasteiger charge is -2.11. The van der Waals surface area contributed by atoms with E-state index in [1.165, 1.54) is 0 Å². The zero-order valence-corrected chi connectivity index (χ0v) is 16.1. The van der Waals surface area contributed by atoms with Crippen LogP contribution in [-0.2, 0) is 4.74 Å². The third-order valence-corrected chi connectivity index (χ3v) is 4.73. The Kier molecular flexibility index (Phi) is 5.02. The third kappa shape index (κ3) is 3.72. The lowest BCUT2D eigenvalue weighted by molar-refractivity contribution is 0.0490. The molecule has 0 atom stereocenters. The van der Waals surface area contributed by atoms with Gasteiger partial charge in [-0.15, -0.1) is 0 Å². The largest absolute Gasteiger partial charge is 0.462 e. The lowest BCUT2D eigenvalue weighted by atomic mass is 10.1. The number of fused-ring (bicyclic) bond motifs is 2. The zero-order chi connectivity index (χ0) is 19.5. The van der Waals surface area contributed by atoms with Gasteiger partial charge in [-0.05, 0) is 36.6 Å². The summed E-state index contributed by atoms with van der Waals surface area (Å²) in [5, 5.41) is 1.86. The fourth-order valence-electron chi connectivity index (χ4n) is 3.15. The van der Waals surface area contributed by atoms with Crippen molar-refractivity contribution < 1.29 is 9.53 Å². The highest BCUT2D eigenvalue weighted by Crippen LogP contribution is 2.26. The van der Waals surface area contributed by atoms with Crippen molar-refractivity contribution in [2.24, 2.45) is 5.92 Å². The van der Waals surface area contributed by atoms with Gasteiger partial charge in [0, 0.05) is 10.8 Å². The number of ether oxygens (including phenoxy) is 1. The minimum atomic E-state index is -0.318. The quantitative estimate of drug-likeness (QED) is 0.426. The molecule has 0 spiro atoms. The second-order valence-electron chi connectivity index (χ2n) is 7.28. The topological polar surface area (TPSA) is 52.1 Å². The van der Waals surface area contributed by atoms with Crippen LogP contribution < -0.4 is 0 Å². The van der Waals surface area contributed by atoms with Crippen molar-refractivity contribution in [2.45, 2.75) is 20.3 Å². The van der Waals surface area contributed by atoms with Gasteiger partial charge >= 0.3 is 5.97 Å². The lowest BCUT2D eigenvalue weighted by Crippen LogP contribution is -2.09. The third-order valence-electron chi connectivity index (χ3n) is 4.73. The van der Waals surface area contributed by atoms with Crippen LogP contribution >= 0.6 is 0 Å². The predicted octanol–water partition coefficient (Wildman–Crippen LogP) is 5.65. The summed E-state index contributed by atoms with van der Waals surface area (Å²) in [5.41, 5.74) is 3.59. The summed E-state index contributed by atoms with van der Waals surface area (Å²) in [6, 6.07) is 21.3. The summed E-state index contributed by atoms with van der Waals surface area (Å²) in [7, 11) is 0. The van der Waals surface area contributed by atoms with E-state index in [0.717, 1.165) is 33.9 Å². The van der Waals surface area contributed by atoms with Crippen LogP contribution in [0.25, 0.3) is 33.2 Å².